The summed E-state index contributed by atoms with van der Waals surface area (Å²) in [6.45, 7) is 0.0992. The van der Waals surface area contributed by atoms with Gasteiger partial charge in [-0.05, 0) is 29.6 Å². The smallest absolute Gasteiger partial charge is 0.338 e. The summed E-state index contributed by atoms with van der Waals surface area (Å²) >= 11 is 1.31. The predicted octanol–water partition coefficient (Wildman–Crippen LogP) is 1.71. The fourth-order valence-corrected chi connectivity index (χ4v) is 2.94. The zero-order valence-electron chi connectivity index (χ0n) is 13.6. The van der Waals surface area contributed by atoms with Crippen LogP contribution in [0.2, 0.25) is 0 Å². The molecule has 2 aromatic rings. The summed E-state index contributed by atoms with van der Waals surface area (Å²) in [5, 5.41) is 6.98. The minimum absolute atomic E-state index is 0.188. The average molecular weight is 373 g/mol. The van der Waals surface area contributed by atoms with Crippen LogP contribution >= 0.6 is 11.3 Å². The summed E-state index contributed by atoms with van der Waals surface area (Å²) in [7, 11) is 0. The number of anilines is 1. The summed E-state index contributed by atoms with van der Waals surface area (Å²) in [6.07, 6.45) is 0. The van der Waals surface area contributed by atoms with Gasteiger partial charge >= 0.3 is 12.0 Å². The Morgan fingerprint density at radius 2 is 2.08 bits per heavy atom. The molecule has 4 amide bonds. The summed E-state index contributed by atoms with van der Waals surface area (Å²) < 4.78 is 4.96. The molecule has 0 saturated carbocycles. The monoisotopic (exact) mass is 373 g/mol. The number of urea groups is 1. The third kappa shape index (κ3) is 4.06. The number of amides is 4. The lowest BCUT2D eigenvalue weighted by Gasteiger charge is -2.12. The Hall–Kier alpha value is -3.20. The lowest BCUT2D eigenvalue weighted by atomic mass is 10.2. The normalized spacial score (nSPS) is 13.2. The molecular weight excluding hydrogens is 358 g/mol. The number of ether oxygens (including phenoxy) is 1. The van der Waals surface area contributed by atoms with E-state index in [1.54, 1.807) is 29.6 Å². The number of imide groups is 1. The van der Waals surface area contributed by atoms with Crippen molar-refractivity contribution in [2.75, 3.05) is 25.0 Å². The van der Waals surface area contributed by atoms with Gasteiger partial charge in [-0.15, -0.1) is 11.3 Å². The van der Waals surface area contributed by atoms with Gasteiger partial charge in [0.1, 0.15) is 0 Å². The number of hydrogen-bond acceptors (Lipinski definition) is 6. The fourth-order valence-electron chi connectivity index (χ4n) is 2.32. The molecule has 1 aliphatic rings. The second-order valence-corrected chi connectivity index (χ2v) is 6.31. The van der Waals surface area contributed by atoms with Gasteiger partial charge in [0.15, 0.2) is 6.61 Å². The van der Waals surface area contributed by atoms with Gasteiger partial charge in [0, 0.05) is 18.8 Å². The largest absolute Gasteiger partial charge is 0.452 e. The molecule has 134 valence electrons. The van der Waals surface area contributed by atoms with Crippen molar-refractivity contribution < 1.29 is 23.9 Å². The van der Waals surface area contributed by atoms with Gasteiger partial charge in [0.05, 0.1) is 10.4 Å². The van der Waals surface area contributed by atoms with Crippen LogP contribution in [0.3, 0.4) is 0 Å². The standard InChI is InChI=1S/C17H15N3O5S/c21-14(20-7-6-18-17(20)24)10-25-16(23)11-3-1-4-12(9-11)19-15(22)13-5-2-8-26-13/h1-5,8-9H,6-7,10H2,(H,18,24)(H,19,22). The van der Waals surface area contributed by atoms with Gasteiger partial charge in [-0.3, -0.25) is 14.5 Å². The first-order valence-corrected chi connectivity index (χ1v) is 8.63. The summed E-state index contributed by atoms with van der Waals surface area (Å²) in [4.78, 5) is 48.9. The molecule has 9 heteroatoms. The van der Waals surface area contributed by atoms with E-state index in [1.165, 1.54) is 23.5 Å². The van der Waals surface area contributed by atoms with E-state index < -0.39 is 24.5 Å². The summed E-state index contributed by atoms with van der Waals surface area (Å²) in [5.41, 5.74) is 0.621. The number of rotatable bonds is 5. The molecule has 0 aliphatic carbocycles. The lowest BCUT2D eigenvalue weighted by molar-refractivity contribution is -0.130. The van der Waals surface area contributed by atoms with Crippen molar-refractivity contribution in [2.45, 2.75) is 0 Å². The van der Waals surface area contributed by atoms with Crippen molar-refractivity contribution in [1.82, 2.24) is 10.2 Å². The third-order valence-electron chi connectivity index (χ3n) is 3.59. The van der Waals surface area contributed by atoms with Crippen LogP contribution in [0.4, 0.5) is 10.5 Å². The second kappa shape index (κ2) is 7.79. The Bertz CT molecular complexity index is 850. The van der Waals surface area contributed by atoms with Crippen LogP contribution in [-0.4, -0.2) is 48.4 Å². The van der Waals surface area contributed by atoms with E-state index in [0.717, 1.165) is 4.90 Å². The van der Waals surface area contributed by atoms with Crippen molar-refractivity contribution in [3.8, 4) is 0 Å². The van der Waals surface area contributed by atoms with Gasteiger partial charge in [-0.25, -0.2) is 9.59 Å². The van der Waals surface area contributed by atoms with E-state index in [0.29, 0.717) is 17.1 Å². The highest BCUT2D eigenvalue weighted by molar-refractivity contribution is 7.12. The van der Waals surface area contributed by atoms with Crippen LogP contribution in [0.15, 0.2) is 41.8 Å². The first-order valence-electron chi connectivity index (χ1n) is 7.75. The zero-order chi connectivity index (χ0) is 18.5. The molecule has 0 radical (unpaired) electrons. The van der Waals surface area contributed by atoms with Crippen LogP contribution in [0.5, 0.6) is 0 Å². The van der Waals surface area contributed by atoms with E-state index in [4.69, 9.17) is 4.74 Å². The maximum Gasteiger partial charge on any atom is 0.338 e. The third-order valence-corrected chi connectivity index (χ3v) is 4.45. The number of benzene rings is 1. The maximum atomic E-state index is 12.1. The molecule has 0 bridgehead atoms. The van der Waals surface area contributed by atoms with Crippen molar-refractivity contribution in [1.29, 1.82) is 0 Å². The van der Waals surface area contributed by atoms with Crippen molar-refractivity contribution in [3.05, 3.63) is 52.2 Å². The molecule has 26 heavy (non-hydrogen) atoms. The van der Waals surface area contributed by atoms with Crippen LogP contribution in [-0.2, 0) is 9.53 Å². The first kappa shape index (κ1) is 17.6. The van der Waals surface area contributed by atoms with Gasteiger partial charge in [-0.2, -0.15) is 0 Å². The molecule has 1 aromatic carbocycles. The molecule has 1 fully saturated rings. The highest BCUT2D eigenvalue weighted by Gasteiger charge is 2.26. The quantitative estimate of drug-likeness (QED) is 0.777. The van der Waals surface area contributed by atoms with Crippen molar-refractivity contribution in [2.24, 2.45) is 0 Å². The SMILES string of the molecule is O=C(OCC(=O)N1CCNC1=O)c1cccc(NC(=O)c2cccs2)c1. The highest BCUT2D eigenvalue weighted by Crippen LogP contribution is 2.15. The van der Waals surface area contributed by atoms with Gasteiger partial charge < -0.3 is 15.4 Å². The number of esters is 1. The number of carbonyl (C=O) groups excluding carboxylic acids is 4. The Labute approximate surface area is 152 Å². The van der Waals surface area contributed by atoms with Crippen molar-refractivity contribution in [3.63, 3.8) is 0 Å². The Morgan fingerprint density at radius 1 is 1.23 bits per heavy atom. The molecular formula is C17H15N3O5S. The molecule has 0 spiro atoms. The number of thiophene rings is 1. The first-order chi connectivity index (χ1) is 12.5. The number of nitrogens with one attached hydrogen (secondary N) is 2. The van der Waals surface area contributed by atoms with Crippen LogP contribution < -0.4 is 10.6 Å². The topological polar surface area (TPSA) is 105 Å². The second-order valence-electron chi connectivity index (χ2n) is 5.37. The Kier molecular flexibility index (Phi) is 5.28. The minimum Gasteiger partial charge on any atom is -0.452 e. The van der Waals surface area contributed by atoms with E-state index in [9.17, 15) is 19.2 Å². The average Bonchev–Trinajstić information content (AvgIpc) is 3.31. The molecule has 1 aromatic heterocycles. The predicted molar refractivity (Wildman–Crippen MR) is 94.1 cm³/mol. The molecule has 1 aliphatic heterocycles. The van der Waals surface area contributed by atoms with Crippen LogP contribution in [0.1, 0.15) is 20.0 Å². The van der Waals surface area contributed by atoms with Gasteiger partial charge in [0.2, 0.25) is 0 Å². The summed E-state index contributed by atoms with van der Waals surface area (Å²) in [6, 6.07) is 9.17. The van der Waals surface area contributed by atoms with Crippen molar-refractivity contribution >= 4 is 40.8 Å². The highest BCUT2D eigenvalue weighted by atomic mass is 32.1. The fraction of sp³-hybridized carbons (Fsp3) is 0.176. The van der Waals surface area contributed by atoms with Crippen LogP contribution in [0.25, 0.3) is 0 Å². The van der Waals surface area contributed by atoms with Crippen LogP contribution in [0, 0.1) is 0 Å². The zero-order valence-corrected chi connectivity index (χ0v) is 14.4. The van der Waals surface area contributed by atoms with Gasteiger partial charge in [0.25, 0.3) is 11.8 Å². The lowest BCUT2D eigenvalue weighted by Crippen LogP contribution is -2.37. The molecule has 0 atom stereocenters. The minimum atomic E-state index is -0.717. The molecule has 2 N–H and O–H groups in total. The molecule has 2 heterocycles. The molecule has 3 rings (SSSR count). The number of nitrogens with zero attached hydrogens (tertiary/aromatic N) is 1. The van der Waals surface area contributed by atoms with E-state index in [-0.39, 0.29) is 18.0 Å². The summed E-state index contributed by atoms with van der Waals surface area (Å²) in [5.74, 6) is -1.58. The molecule has 8 nitrogen and oxygen atoms in total. The molecule has 0 unspecified atom stereocenters. The number of carbonyl (C=O) groups is 4. The van der Waals surface area contributed by atoms with Gasteiger partial charge in [-0.1, -0.05) is 12.1 Å². The molecule has 1 saturated heterocycles. The maximum absolute atomic E-state index is 12.1. The Morgan fingerprint density at radius 3 is 2.77 bits per heavy atom. The van der Waals surface area contributed by atoms with E-state index in [2.05, 4.69) is 10.6 Å². The number of hydrogen-bond donors (Lipinski definition) is 2. The van der Waals surface area contributed by atoms with E-state index >= 15 is 0 Å². The Balaban J connectivity index is 1.58. The van der Waals surface area contributed by atoms with E-state index in [1.807, 2.05) is 0 Å².